The lowest BCUT2D eigenvalue weighted by atomic mass is 9.79. The predicted octanol–water partition coefficient (Wildman–Crippen LogP) is 27.8. The Hall–Kier alpha value is -12.7. The van der Waals surface area contributed by atoms with E-state index in [1.807, 2.05) is 18.2 Å². The molecule has 0 N–H and O–H groups in total. The van der Waals surface area contributed by atoms with E-state index in [9.17, 15) is 0 Å². The van der Waals surface area contributed by atoms with Crippen LogP contribution in [0.15, 0.2) is 308 Å². The van der Waals surface area contributed by atoms with Crippen LogP contribution in [0, 0.1) is 0 Å². The van der Waals surface area contributed by atoms with Crippen LogP contribution < -0.4 is 0 Å². The largest absolute Gasteiger partial charge is 0.452 e. The van der Waals surface area contributed by atoms with Gasteiger partial charge in [-0.05, 0) is 217 Å². The monoisotopic (exact) mass is 1430 g/mol. The average Bonchev–Trinajstić information content (AvgIpc) is 1.54. The van der Waals surface area contributed by atoms with Crippen molar-refractivity contribution in [1.29, 1.82) is 0 Å². The Labute approximate surface area is 644 Å². The molecule has 22 rings (SSSR count). The Morgan fingerprint density at radius 1 is 0.236 bits per heavy atom. The van der Waals surface area contributed by atoms with Gasteiger partial charge in [-0.2, -0.15) is 0 Å². The highest BCUT2D eigenvalue weighted by atomic mass is 32.1. The zero-order chi connectivity index (χ0) is 73.8. The van der Waals surface area contributed by atoms with Crippen molar-refractivity contribution in [3.63, 3.8) is 0 Å². The lowest BCUT2D eigenvalue weighted by molar-refractivity contribution is 0.652. The third-order valence-corrected chi connectivity index (χ3v) is 26.3. The van der Waals surface area contributed by atoms with Crippen molar-refractivity contribution in [3.05, 3.63) is 348 Å². The van der Waals surface area contributed by atoms with E-state index in [-0.39, 0.29) is 21.7 Å². The van der Waals surface area contributed by atoms with E-state index < -0.39 is 0 Å². The summed E-state index contributed by atoms with van der Waals surface area (Å²) in [5.41, 5.74) is 41.9. The molecule has 6 heteroatoms. The summed E-state index contributed by atoms with van der Waals surface area (Å²) in [6.45, 7) is 19.1. The van der Waals surface area contributed by atoms with Crippen LogP contribution in [0.1, 0.15) is 99.9 Å². The van der Waals surface area contributed by atoms with Gasteiger partial charge in [-0.25, -0.2) is 19.9 Å². The summed E-state index contributed by atoms with van der Waals surface area (Å²) >= 11 is 1.77. The first-order valence-corrected chi connectivity index (χ1v) is 39.2. The van der Waals surface area contributed by atoms with Crippen LogP contribution in [0.25, 0.3) is 188 Å². The molecule has 0 saturated heterocycles. The maximum Gasteiger partial charge on any atom is 0.180 e. The molecule has 522 valence electrons. The molecule has 0 unspecified atom stereocenters. The molecule has 14 aromatic carbocycles. The summed E-state index contributed by atoms with van der Waals surface area (Å²) in [7, 11) is 0. The molecular formula is C104H74N4OS. The second-order valence-corrected chi connectivity index (χ2v) is 33.9. The number of aromatic nitrogens is 4. The number of hydrogen-bond acceptors (Lipinski definition) is 6. The minimum Gasteiger partial charge on any atom is -0.452 e. The zero-order valence-corrected chi connectivity index (χ0v) is 63.3. The lowest BCUT2D eigenvalue weighted by Crippen LogP contribution is -2.17. The summed E-state index contributed by atoms with van der Waals surface area (Å²) in [6, 6.07) is 112. The van der Waals surface area contributed by atoms with Gasteiger partial charge in [-0.1, -0.05) is 286 Å². The van der Waals surface area contributed by atoms with Crippen molar-refractivity contribution in [2.45, 2.75) is 77.0 Å². The van der Waals surface area contributed by atoms with Crippen molar-refractivity contribution < 1.29 is 4.42 Å². The smallest absolute Gasteiger partial charge is 0.180 e. The Bertz CT molecular complexity index is 6990. The maximum atomic E-state index is 6.69. The van der Waals surface area contributed by atoms with E-state index in [1.165, 1.54) is 122 Å². The van der Waals surface area contributed by atoms with E-state index >= 15 is 0 Å². The van der Waals surface area contributed by atoms with Crippen molar-refractivity contribution in [2.24, 2.45) is 0 Å². The fourth-order valence-electron chi connectivity index (χ4n) is 19.1. The Morgan fingerprint density at radius 3 is 1.09 bits per heavy atom. The number of rotatable bonds is 9. The number of nitrogens with zero attached hydrogens (tertiary/aromatic N) is 4. The average molecular weight is 1430 g/mol. The van der Waals surface area contributed by atoms with E-state index in [0.29, 0.717) is 11.4 Å². The molecule has 0 spiro atoms. The normalized spacial score (nSPS) is 14.7. The number of para-hydroxylation sites is 1. The van der Waals surface area contributed by atoms with Crippen LogP contribution in [0.2, 0.25) is 0 Å². The van der Waals surface area contributed by atoms with Gasteiger partial charge in [-0.15, -0.1) is 11.3 Å². The van der Waals surface area contributed by atoms with Crippen molar-refractivity contribution in [3.8, 4) is 145 Å². The van der Waals surface area contributed by atoms with Gasteiger partial charge in [0.1, 0.15) is 16.8 Å². The minimum absolute atomic E-state index is 0.0481. The Morgan fingerprint density at radius 2 is 0.582 bits per heavy atom. The number of thiophene rings is 1. The van der Waals surface area contributed by atoms with Crippen LogP contribution >= 0.6 is 11.3 Å². The molecule has 0 radical (unpaired) electrons. The molecule has 4 aliphatic rings. The van der Waals surface area contributed by atoms with Gasteiger partial charge >= 0.3 is 0 Å². The second-order valence-electron chi connectivity index (χ2n) is 32.8. The van der Waals surface area contributed by atoms with Crippen molar-refractivity contribution in [1.82, 2.24) is 19.9 Å². The number of furan rings is 1. The van der Waals surface area contributed by atoms with Crippen LogP contribution in [-0.2, 0) is 21.7 Å². The fourth-order valence-corrected chi connectivity index (χ4v) is 20.2. The standard InChI is InChI=1S/C104H74N4OS/c1-101(2)83-29-15-12-26-73(83)79-55-88-80(56-87(79)101)74-47-44-68(52-84(74)102(88,3)4)61-36-32-59(33-37-61)66-22-18-24-71(50-66)93-97-95(77-27-13-16-30-91(77)109-97)107-100(105-93)65-42-40-63(41-43-65)70-46-49-76-82-58-89-81(57-90(82)104(7,8)86(76)54-70)75-48-45-69(53-85(75)103(89,5)6)62-38-34-60(35-39-62)67-23-19-25-72(51-67)94-98-96(78-28-14-17-31-92(78)110-98)108-99(106-94)64-20-10-9-11-21-64/h9-58H,1-8H3. The molecule has 0 aliphatic heterocycles. The zero-order valence-electron chi connectivity index (χ0n) is 62.5. The third kappa shape index (κ3) is 9.58. The van der Waals surface area contributed by atoms with Gasteiger partial charge < -0.3 is 4.42 Å². The van der Waals surface area contributed by atoms with Crippen molar-refractivity contribution >= 4 is 53.7 Å². The van der Waals surface area contributed by atoms with Gasteiger partial charge in [0, 0.05) is 59.4 Å². The number of fused-ring (bicyclic) bond motifs is 18. The fraction of sp³-hybridized carbons (Fsp3) is 0.115. The first-order valence-electron chi connectivity index (χ1n) is 38.4. The summed E-state index contributed by atoms with van der Waals surface area (Å²) < 4.78 is 9.01. The summed E-state index contributed by atoms with van der Waals surface area (Å²) in [5.74, 6) is 1.39. The molecule has 4 aromatic heterocycles. The molecule has 18 aromatic rings. The van der Waals surface area contributed by atoms with Crippen LogP contribution in [0.5, 0.6) is 0 Å². The molecule has 0 saturated carbocycles. The maximum absolute atomic E-state index is 6.69. The van der Waals surface area contributed by atoms with Gasteiger partial charge in [-0.3, -0.25) is 0 Å². The van der Waals surface area contributed by atoms with Crippen LogP contribution in [-0.4, -0.2) is 19.9 Å². The summed E-state index contributed by atoms with van der Waals surface area (Å²) in [4.78, 5) is 21.1. The van der Waals surface area contributed by atoms with E-state index in [0.717, 1.165) is 99.4 Å². The summed E-state index contributed by atoms with van der Waals surface area (Å²) in [6.07, 6.45) is 0. The molecule has 4 aliphatic carbocycles. The molecule has 4 heterocycles. The molecule has 0 fully saturated rings. The SMILES string of the molecule is CC1(C)c2ccccc2-c2cc3c(cc21)-c1ccc(-c2ccc(-c4cccc(-c5nc(-c6ccc(-c7ccc8c(c7)C(C)(C)c7cc9c(cc7-8)C(C)(C)c7cc(-c8ccc(-c%10cccc(-c%11nc(-c%12ccccc%12)nc%12c%11sc%11ccccc%11%12)c%10)cc8)ccc7-9)cc6)nc6c5oc5ccccc56)c4)cc2)cc1C3(C)C. The third-order valence-electron chi connectivity index (χ3n) is 25.2. The second kappa shape index (κ2) is 23.4. The molecule has 5 nitrogen and oxygen atoms in total. The quantitative estimate of drug-likeness (QED) is 0.144. The van der Waals surface area contributed by atoms with E-state index in [2.05, 4.69) is 341 Å². The summed E-state index contributed by atoms with van der Waals surface area (Å²) in [5, 5.41) is 2.13. The van der Waals surface area contributed by atoms with E-state index in [4.69, 9.17) is 24.4 Å². The number of benzene rings is 14. The highest BCUT2D eigenvalue weighted by Crippen LogP contribution is 2.59. The number of hydrogen-bond donors (Lipinski definition) is 0. The highest BCUT2D eigenvalue weighted by molar-refractivity contribution is 7.26. The van der Waals surface area contributed by atoms with Crippen LogP contribution in [0.3, 0.4) is 0 Å². The molecule has 0 amide bonds. The first kappa shape index (κ1) is 64.4. The Balaban J connectivity index is 0.524. The highest BCUT2D eigenvalue weighted by Gasteiger charge is 2.44. The van der Waals surface area contributed by atoms with Gasteiger partial charge in [0.25, 0.3) is 0 Å². The molecule has 0 bridgehead atoms. The van der Waals surface area contributed by atoms with Crippen molar-refractivity contribution in [2.75, 3.05) is 0 Å². The molecular weight excluding hydrogens is 1350 g/mol. The molecule has 110 heavy (non-hydrogen) atoms. The van der Waals surface area contributed by atoms with Gasteiger partial charge in [0.05, 0.1) is 15.9 Å². The predicted molar refractivity (Wildman–Crippen MR) is 457 cm³/mol. The van der Waals surface area contributed by atoms with Crippen LogP contribution in [0.4, 0.5) is 0 Å². The lowest BCUT2D eigenvalue weighted by Gasteiger charge is -2.24. The molecule has 0 atom stereocenters. The minimum atomic E-state index is -0.232. The van der Waals surface area contributed by atoms with E-state index in [1.54, 1.807) is 11.3 Å². The topological polar surface area (TPSA) is 64.7 Å². The van der Waals surface area contributed by atoms with Gasteiger partial charge in [0.2, 0.25) is 0 Å². The first-order chi connectivity index (χ1) is 53.5. The Kier molecular flexibility index (Phi) is 13.7. The van der Waals surface area contributed by atoms with Gasteiger partial charge in [0.15, 0.2) is 17.2 Å².